The van der Waals surface area contributed by atoms with E-state index in [1.807, 2.05) is 49.4 Å². The lowest BCUT2D eigenvalue weighted by molar-refractivity contribution is 0.0706. The van der Waals surface area contributed by atoms with Gasteiger partial charge in [-0.25, -0.2) is 5.48 Å². The molecular weight excluding hydrogens is 342 g/mol. The van der Waals surface area contributed by atoms with E-state index >= 15 is 0 Å². The van der Waals surface area contributed by atoms with Gasteiger partial charge >= 0.3 is 0 Å². The third kappa shape index (κ3) is 4.07. The molecule has 138 valence electrons. The van der Waals surface area contributed by atoms with Gasteiger partial charge in [0, 0.05) is 24.5 Å². The fraction of sp³-hybridized carbons (Fsp3) is 0.143. The molecule has 6 heteroatoms. The van der Waals surface area contributed by atoms with Crippen molar-refractivity contribution in [2.24, 2.45) is 7.05 Å². The van der Waals surface area contributed by atoms with Crippen molar-refractivity contribution in [3.05, 3.63) is 83.7 Å². The number of nitrogens with one attached hydrogen (secondary N) is 2. The quantitative estimate of drug-likeness (QED) is 0.480. The third-order valence-electron chi connectivity index (χ3n) is 4.45. The lowest BCUT2D eigenvalue weighted by Gasteiger charge is -2.15. The maximum absolute atomic E-state index is 12.5. The van der Waals surface area contributed by atoms with Crippen molar-refractivity contribution in [3.63, 3.8) is 0 Å². The molecule has 0 radical (unpaired) electrons. The van der Waals surface area contributed by atoms with Crippen molar-refractivity contribution < 1.29 is 14.8 Å². The maximum atomic E-state index is 12.5. The second kappa shape index (κ2) is 7.88. The summed E-state index contributed by atoms with van der Waals surface area (Å²) < 4.78 is 1.74. The summed E-state index contributed by atoms with van der Waals surface area (Å²) in [5.41, 5.74) is 5.38. The van der Waals surface area contributed by atoms with Crippen LogP contribution in [0.4, 0.5) is 0 Å². The zero-order valence-electron chi connectivity index (χ0n) is 15.1. The van der Waals surface area contributed by atoms with Crippen LogP contribution in [0.2, 0.25) is 0 Å². The van der Waals surface area contributed by atoms with Crippen LogP contribution in [-0.4, -0.2) is 21.6 Å². The largest absolute Gasteiger partial charge is 0.352 e. The summed E-state index contributed by atoms with van der Waals surface area (Å²) in [6, 6.07) is 18.7. The molecule has 6 nitrogen and oxygen atoms in total. The number of aromatic nitrogens is 1. The van der Waals surface area contributed by atoms with E-state index in [0.717, 1.165) is 16.8 Å². The molecule has 0 fully saturated rings. The normalized spacial score (nSPS) is 11.7. The lowest BCUT2D eigenvalue weighted by atomic mass is 10.0. The Morgan fingerprint density at radius 1 is 0.926 bits per heavy atom. The molecular formula is C21H21N3O3. The number of rotatable bonds is 5. The monoisotopic (exact) mass is 363 g/mol. The highest BCUT2D eigenvalue weighted by molar-refractivity contribution is 5.95. The fourth-order valence-electron chi connectivity index (χ4n) is 3.00. The smallest absolute Gasteiger partial charge is 0.276 e. The molecule has 0 aliphatic carbocycles. The molecule has 2 amide bonds. The first kappa shape index (κ1) is 18.4. The number of carbonyl (C=O) groups excluding carboxylic acids is 2. The molecule has 0 saturated heterocycles. The number of hydrogen-bond acceptors (Lipinski definition) is 3. The zero-order chi connectivity index (χ0) is 19.4. The summed E-state index contributed by atoms with van der Waals surface area (Å²) in [6.45, 7) is 1.84. The number of nitrogens with zero attached hydrogens (tertiary/aromatic N) is 1. The summed E-state index contributed by atoms with van der Waals surface area (Å²) in [5, 5.41) is 11.7. The van der Waals surface area contributed by atoms with Crippen molar-refractivity contribution in [2.45, 2.75) is 13.0 Å². The molecule has 0 aliphatic heterocycles. The van der Waals surface area contributed by atoms with Gasteiger partial charge in [-0.1, -0.05) is 42.5 Å². The van der Waals surface area contributed by atoms with Crippen molar-refractivity contribution in [3.8, 4) is 11.1 Å². The van der Waals surface area contributed by atoms with E-state index < -0.39 is 5.91 Å². The molecule has 1 unspecified atom stereocenters. The average Bonchev–Trinajstić information content (AvgIpc) is 3.10. The summed E-state index contributed by atoms with van der Waals surface area (Å²) in [7, 11) is 1.78. The first-order valence-electron chi connectivity index (χ1n) is 8.56. The molecule has 0 aliphatic rings. The Bertz CT molecular complexity index is 947. The minimum absolute atomic E-state index is 0.198. The lowest BCUT2D eigenvalue weighted by Crippen LogP contribution is -2.27. The number of amides is 2. The Morgan fingerprint density at radius 3 is 2.19 bits per heavy atom. The highest BCUT2D eigenvalue weighted by atomic mass is 16.5. The van der Waals surface area contributed by atoms with Gasteiger partial charge in [-0.05, 0) is 36.2 Å². The van der Waals surface area contributed by atoms with E-state index in [4.69, 9.17) is 5.21 Å². The highest BCUT2D eigenvalue weighted by Crippen LogP contribution is 2.20. The second-order valence-electron chi connectivity index (χ2n) is 6.34. The van der Waals surface area contributed by atoms with Crippen LogP contribution in [0.1, 0.15) is 39.4 Å². The number of carbonyl (C=O) groups is 2. The molecule has 0 saturated carbocycles. The molecule has 0 bridgehead atoms. The van der Waals surface area contributed by atoms with Gasteiger partial charge in [0.15, 0.2) is 0 Å². The molecule has 1 heterocycles. The molecule has 1 atom stereocenters. The van der Waals surface area contributed by atoms with Gasteiger partial charge < -0.3 is 9.88 Å². The van der Waals surface area contributed by atoms with Gasteiger partial charge in [0.2, 0.25) is 0 Å². The summed E-state index contributed by atoms with van der Waals surface area (Å²) >= 11 is 0. The Balaban J connectivity index is 1.71. The van der Waals surface area contributed by atoms with Crippen LogP contribution in [0.3, 0.4) is 0 Å². The highest BCUT2D eigenvalue weighted by Gasteiger charge is 2.17. The summed E-state index contributed by atoms with van der Waals surface area (Å²) in [4.78, 5) is 24.1. The van der Waals surface area contributed by atoms with Gasteiger partial charge in [0.25, 0.3) is 11.8 Å². The Labute approximate surface area is 157 Å². The van der Waals surface area contributed by atoms with Crippen LogP contribution >= 0.6 is 0 Å². The number of hydroxylamine groups is 1. The Morgan fingerprint density at radius 2 is 1.56 bits per heavy atom. The fourth-order valence-corrected chi connectivity index (χ4v) is 3.00. The van der Waals surface area contributed by atoms with Crippen LogP contribution in [0.25, 0.3) is 11.1 Å². The molecule has 27 heavy (non-hydrogen) atoms. The Kier molecular flexibility index (Phi) is 5.38. The number of hydrogen-bond donors (Lipinski definition) is 3. The summed E-state index contributed by atoms with van der Waals surface area (Å²) in [5.74, 6) is -0.789. The van der Waals surface area contributed by atoms with Gasteiger partial charge in [0.1, 0.15) is 0 Å². The van der Waals surface area contributed by atoms with Gasteiger partial charge in [-0.15, -0.1) is 0 Å². The molecule has 2 aromatic carbocycles. The first-order chi connectivity index (χ1) is 13.0. The van der Waals surface area contributed by atoms with Crippen molar-refractivity contribution >= 4 is 11.8 Å². The van der Waals surface area contributed by atoms with Crippen LogP contribution in [0, 0.1) is 0 Å². The van der Waals surface area contributed by atoms with E-state index in [1.54, 1.807) is 41.5 Å². The molecule has 0 spiro atoms. The van der Waals surface area contributed by atoms with Gasteiger partial charge in [0.05, 0.1) is 11.6 Å². The SMILES string of the molecule is CC(NC(=O)c1ccc(-c2ccccc2)cc1)c1cc(C(=O)NO)cn1C. The van der Waals surface area contributed by atoms with Crippen molar-refractivity contribution in [1.29, 1.82) is 0 Å². The molecule has 1 aromatic heterocycles. The standard InChI is InChI=1S/C21H21N3O3/c1-14(19-12-18(13-24(19)2)21(26)23-27)22-20(25)17-10-8-16(9-11-17)15-6-4-3-5-7-15/h3-14,27H,1-2H3,(H,22,25)(H,23,26). The maximum Gasteiger partial charge on any atom is 0.276 e. The predicted molar refractivity (Wildman–Crippen MR) is 102 cm³/mol. The third-order valence-corrected chi connectivity index (χ3v) is 4.45. The number of aryl methyl sites for hydroxylation is 1. The van der Waals surface area contributed by atoms with E-state index in [1.165, 1.54) is 0 Å². The minimum atomic E-state index is -0.591. The Hall–Kier alpha value is -3.38. The van der Waals surface area contributed by atoms with E-state index in [0.29, 0.717) is 11.1 Å². The minimum Gasteiger partial charge on any atom is -0.352 e. The van der Waals surface area contributed by atoms with Gasteiger partial charge in [-0.3, -0.25) is 14.8 Å². The van der Waals surface area contributed by atoms with Crippen molar-refractivity contribution in [2.75, 3.05) is 0 Å². The van der Waals surface area contributed by atoms with Crippen molar-refractivity contribution in [1.82, 2.24) is 15.4 Å². The first-order valence-corrected chi connectivity index (χ1v) is 8.56. The molecule has 3 rings (SSSR count). The predicted octanol–water partition coefficient (Wildman–Crippen LogP) is 3.30. The molecule has 3 aromatic rings. The zero-order valence-corrected chi connectivity index (χ0v) is 15.1. The molecule has 3 N–H and O–H groups in total. The summed E-state index contributed by atoms with van der Waals surface area (Å²) in [6.07, 6.45) is 1.60. The van der Waals surface area contributed by atoms with E-state index in [-0.39, 0.29) is 11.9 Å². The average molecular weight is 363 g/mol. The van der Waals surface area contributed by atoms with Crippen LogP contribution in [0.15, 0.2) is 66.9 Å². The van der Waals surface area contributed by atoms with Crippen LogP contribution < -0.4 is 10.8 Å². The number of benzene rings is 2. The van der Waals surface area contributed by atoms with Crippen LogP contribution in [0.5, 0.6) is 0 Å². The van der Waals surface area contributed by atoms with E-state index in [9.17, 15) is 9.59 Å². The van der Waals surface area contributed by atoms with Gasteiger partial charge in [-0.2, -0.15) is 0 Å². The van der Waals surface area contributed by atoms with E-state index in [2.05, 4.69) is 5.32 Å². The van der Waals surface area contributed by atoms with Crippen LogP contribution in [-0.2, 0) is 7.05 Å². The topological polar surface area (TPSA) is 83.4 Å². The second-order valence-corrected chi connectivity index (χ2v) is 6.34.